The van der Waals surface area contributed by atoms with Gasteiger partial charge in [-0.1, -0.05) is 29.8 Å². The van der Waals surface area contributed by atoms with Gasteiger partial charge in [0.2, 0.25) is 6.04 Å². The number of hydrogen-bond acceptors (Lipinski definition) is 3. The molecule has 0 bridgehead atoms. The Morgan fingerprint density at radius 1 is 1.43 bits per heavy atom. The Bertz CT molecular complexity index is 350. The SMILES string of the molecule is Cc1ccc([C@H]2SC[C@@H]2[N+](=O)[O-])cc1. The summed E-state index contributed by atoms with van der Waals surface area (Å²) in [6.07, 6.45) is 0. The predicted octanol–water partition coefficient (Wildman–Crippen LogP) is 2.43. The maximum atomic E-state index is 10.6. The lowest BCUT2D eigenvalue weighted by atomic mass is 10.0. The first-order chi connectivity index (χ1) is 6.68. The lowest BCUT2D eigenvalue weighted by molar-refractivity contribution is -0.520. The van der Waals surface area contributed by atoms with Crippen LogP contribution in [0.3, 0.4) is 0 Å². The molecule has 0 aliphatic carbocycles. The van der Waals surface area contributed by atoms with Gasteiger partial charge in [-0.05, 0) is 12.5 Å². The van der Waals surface area contributed by atoms with E-state index in [1.807, 2.05) is 31.2 Å². The van der Waals surface area contributed by atoms with E-state index in [0.29, 0.717) is 5.75 Å². The molecule has 2 rings (SSSR count). The molecule has 0 radical (unpaired) electrons. The highest BCUT2D eigenvalue weighted by atomic mass is 32.2. The molecule has 0 saturated carbocycles. The molecule has 1 aromatic carbocycles. The van der Waals surface area contributed by atoms with Crippen molar-refractivity contribution >= 4 is 11.8 Å². The molecule has 1 aliphatic rings. The molecule has 1 saturated heterocycles. The van der Waals surface area contributed by atoms with Crippen LogP contribution in [0.1, 0.15) is 16.4 Å². The van der Waals surface area contributed by atoms with Gasteiger partial charge in [-0.3, -0.25) is 10.1 Å². The molecule has 3 nitrogen and oxygen atoms in total. The molecule has 1 heterocycles. The van der Waals surface area contributed by atoms with Gasteiger partial charge in [0.05, 0.1) is 11.0 Å². The molecule has 1 aliphatic heterocycles. The molecule has 2 atom stereocenters. The quantitative estimate of drug-likeness (QED) is 0.555. The number of nitrogens with zero attached hydrogens (tertiary/aromatic N) is 1. The van der Waals surface area contributed by atoms with Gasteiger partial charge in [-0.2, -0.15) is 0 Å². The van der Waals surface area contributed by atoms with E-state index < -0.39 is 0 Å². The summed E-state index contributed by atoms with van der Waals surface area (Å²) in [7, 11) is 0. The molecule has 0 spiro atoms. The Balaban J connectivity index is 2.16. The Kier molecular flexibility index (Phi) is 2.46. The van der Waals surface area contributed by atoms with Crippen molar-refractivity contribution in [1.29, 1.82) is 0 Å². The van der Waals surface area contributed by atoms with Crippen LogP contribution in [0.2, 0.25) is 0 Å². The highest BCUT2D eigenvalue weighted by molar-refractivity contribution is 8.01. The fourth-order valence-electron chi connectivity index (χ4n) is 1.52. The monoisotopic (exact) mass is 209 g/mol. The Morgan fingerprint density at radius 3 is 2.50 bits per heavy atom. The summed E-state index contributed by atoms with van der Waals surface area (Å²) in [5, 5.41) is 10.7. The van der Waals surface area contributed by atoms with Crippen LogP contribution in [0.25, 0.3) is 0 Å². The molecule has 0 amide bonds. The van der Waals surface area contributed by atoms with Crippen molar-refractivity contribution in [3.05, 3.63) is 45.5 Å². The summed E-state index contributed by atoms with van der Waals surface area (Å²) in [6, 6.07) is 7.60. The lowest BCUT2D eigenvalue weighted by Crippen LogP contribution is -2.36. The zero-order valence-electron chi connectivity index (χ0n) is 7.84. The van der Waals surface area contributed by atoms with Crippen LogP contribution in [-0.4, -0.2) is 16.7 Å². The average molecular weight is 209 g/mol. The Morgan fingerprint density at radius 2 is 2.07 bits per heavy atom. The standard InChI is InChI=1S/C10H11NO2S/c1-7-2-4-8(5-3-7)10-9(6-14-10)11(12)13/h2-5,9-10H,6H2,1H3/t9-,10+/m0/s1. The smallest absolute Gasteiger partial charge is 0.237 e. The van der Waals surface area contributed by atoms with Gasteiger partial charge in [-0.25, -0.2) is 0 Å². The van der Waals surface area contributed by atoms with Gasteiger partial charge in [-0.15, -0.1) is 11.8 Å². The largest absolute Gasteiger partial charge is 0.264 e. The highest BCUT2D eigenvalue weighted by Gasteiger charge is 2.42. The van der Waals surface area contributed by atoms with Crippen molar-refractivity contribution in [1.82, 2.24) is 0 Å². The fraction of sp³-hybridized carbons (Fsp3) is 0.400. The van der Waals surface area contributed by atoms with E-state index in [2.05, 4.69) is 0 Å². The number of rotatable bonds is 2. The molecule has 14 heavy (non-hydrogen) atoms. The minimum Gasteiger partial charge on any atom is -0.264 e. The van der Waals surface area contributed by atoms with E-state index in [1.54, 1.807) is 11.8 Å². The predicted molar refractivity (Wildman–Crippen MR) is 57.2 cm³/mol. The van der Waals surface area contributed by atoms with E-state index in [4.69, 9.17) is 0 Å². The van der Waals surface area contributed by atoms with E-state index in [1.165, 1.54) is 5.56 Å². The van der Waals surface area contributed by atoms with Crippen LogP contribution in [0.15, 0.2) is 24.3 Å². The van der Waals surface area contributed by atoms with E-state index >= 15 is 0 Å². The van der Waals surface area contributed by atoms with Crippen molar-refractivity contribution in [3.8, 4) is 0 Å². The topological polar surface area (TPSA) is 43.1 Å². The first kappa shape index (κ1) is 9.52. The molecule has 0 unspecified atom stereocenters. The van der Waals surface area contributed by atoms with Crippen LogP contribution in [0, 0.1) is 17.0 Å². The molecular formula is C10H11NO2S. The van der Waals surface area contributed by atoms with Gasteiger partial charge in [0.1, 0.15) is 0 Å². The van der Waals surface area contributed by atoms with E-state index in [-0.39, 0.29) is 16.2 Å². The van der Waals surface area contributed by atoms with Crippen LogP contribution in [0.4, 0.5) is 0 Å². The first-order valence-electron chi connectivity index (χ1n) is 4.50. The fourth-order valence-corrected chi connectivity index (χ4v) is 2.65. The van der Waals surface area contributed by atoms with Crippen molar-refractivity contribution < 1.29 is 4.92 Å². The zero-order chi connectivity index (χ0) is 10.1. The summed E-state index contributed by atoms with van der Waals surface area (Å²) < 4.78 is 0. The van der Waals surface area contributed by atoms with Crippen molar-refractivity contribution in [2.24, 2.45) is 0 Å². The summed E-state index contributed by atoms with van der Waals surface area (Å²) in [5.74, 6) is 0.644. The van der Waals surface area contributed by atoms with Gasteiger partial charge in [0.15, 0.2) is 0 Å². The normalized spacial score (nSPS) is 25.5. The summed E-state index contributed by atoms with van der Waals surface area (Å²) in [4.78, 5) is 10.5. The maximum absolute atomic E-state index is 10.6. The van der Waals surface area contributed by atoms with Crippen LogP contribution >= 0.6 is 11.8 Å². The molecule has 1 aromatic rings. The van der Waals surface area contributed by atoms with Gasteiger partial charge in [0.25, 0.3) is 0 Å². The van der Waals surface area contributed by atoms with E-state index in [0.717, 1.165) is 5.56 Å². The number of thioether (sulfide) groups is 1. The third-order valence-corrected chi connectivity index (χ3v) is 3.95. The van der Waals surface area contributed by atoms with Gasteiger partial charge in [0, 0.05) is 4.92 Å². The van der Waals surface area contributed by atoms with Crippen molar-refractivity contribution in [3.63, 3.8) is 0 Å². The molecule has 0 N–H and O–H groups in total. The second kappa shape index (κ2) is 3.61. The molecule has 1 fully saturated rings. The summed E-state index contributed by atoms with van der Waals surface area (Å²) in [5.41, 5.74) is 2.27. The minimum absolute atomic E-state index is 0.0607. The first-order valence-corrected chi connectivity index (χ1v) is 5.55. The Hall–Kier alpha value is -1.03. The average Bonchev–Trinajstić information content (AvgIpc) is 2.05. The minimum atomic E-state index is -0.386. The number of benzene rings is 1. The number of hydrogen-bond donors (Lipinski definition) is 0. The second-order valence-corrected chi connectivity index (χ2v) is 4.69. The zero-order valence-corrected chi connectivity index (χ0v) is 8.66. The number of aryl methyl sites for hydroxylation is 1. The van der Waals surface area contributed by atoms with Crippen molar-refractivity contribution in [2.75, 3.05) is 5.75 Å². The second-order valence-electron chi connectivity index (χ2n) is 3.52. The molecule has 4 heteroatoms. The third-order valence-electron chi connectivity index (χ3n) is 2.47. The lowest BCUT2D eigenvalue weighted by Gasteiger charge is -2.29. The van der Waals surface area contributed by atoms with Crippen LogP contribution in [0.5, 0.6) is 0 Å². The van der Waals surface area contributed by atoms with Crippen LogP contribution in [-0.2, 0) is 0 Å². The van der Waals surface area contributed by atoms with Gasteiger partial charge >= 0.3 is 0 Å². The third kappa shape index (κ3) is 1.62. The van der Waals surface area contributed by atoms with Crippen LogP contribution < -0.4 is 0 Å². The number of nitro groups is 1. The molecule has 74 valence electrons. The maximum Gasteiger partial charge on any atom is 0.237 e. The van der Waals surface area contributed by atoms with E-state index in [9.17, 15) is 10.1 Å². The van der Waals surface area contributed by atoms with Gasteiger partial charge < -0.3 is 0 Å². The Labute approximate surface area is 86.7 Å². The molecular weight excluding hydrogens is 198 g/mol. The molecule has 0 aromatic heterocycles. The summed E-state index contributed by atoms with van der Waals surface area (Å²) in [6.45, 7) is 2.02. The summed E-state index contributed by atoms with van der Waals surface area (Å²) >= 11 is 1.66. The highest BCUT2D eigenvalue weighted by Crippen LogP contribution is 2.43. The van der Waals surface area contributed by atoms with Crippen molar-refractivity contribution in [2.45, 2.75) is 18.2 Å².